The van der Waals surface area contributed by atoms with E-state index in [2.05, 4.69) is 44.5 Å². The molecule has 0 aromatic heterocycles. The lowest BCUT2D eigenvalue weighted by Gasteiger charge is -2.00. The Balaban J connectivity index is 2.96. The summed E-state index contributed by atoms with van der Waals surface area (Å²) in [6, 6.07) is 8.12. The van der Waals surface area contributed by atoms with E-state index in [1.165, 1.54) is 5.56 Å². The topological polar surface area (TPSA) is 0 Å². The van der Waals surface area contributed by atoms with E-state index in [1.54, 1.807) is 0 Å². The third kappa shape index (κ3) is 2.46. The molecule has 0 amide bonds. The monoisotopic (exact) mass is 274 g/mol. The highest BCUT2D eigenvalue weighted by Crippen LogP contribution is 2.18. The van der Waals surface area contributed by atoms with Crippen molar-refractivity contribution in [3.8, 4) is 0 Å². The zero-order chi connectivity index (χ0) is 8.27. The van der Waals surface area contributed by atoms with Crippen molar-refractivity contribution in [2.75, 3.05) is 5.33 Å². The predicted molar refractivity (Wildman–Crippen MR) is 57.0 cm³/mol. The number of benzene rings is 1. The van der Waals surface area contributed by atoms with E-state index in [9.17, 15) is 0 Å². The third-order valence-corrected chi connectivity index (χ3v) is 2.56. The first-order valence-electron chi connectivity index (χ1n) is 3.23. The summed E-state index contributed by atoms with van der Waals surface area (Å²) < 4.78 is 1.09. The van der Waals surface area contributed by atoms with E-state index in [0.29, 0.717) is 0 Å². The van der Waals surface area contributed by atoms with Crippen molar-refractivity contribution in [2.24, 2.45) is 0 Å². The van der Waals surface area contributed by atoms with Crippen LogP contribution in [0.3, 0.4) is 0 Å². The van der Waals surface area contributed by atoms with Crippen LogP contribution in [0.15, 0.2) is 35.3 Å². The summed E-state index contributed by atoms with van der Waals surface area (Å²) in [5.41, 5.74) is 2.28. The van der Waals surface area contributed by atoms with Crippen molar-refractivity contribution in [3.05, 3.63) is 40.9 Å². The Morgan fingerprint density at radius 1 is 1.45 bits per heavy atom. The van der Waals surface area contributed by atoms with E-state index in [-0.39, 0.29) is 0 Å². The summed E-state index contributed by atoms with van der Waals surface area (Å²) in [5, 5.41) is 0.823. The van der Waals surface area contributed by atoms with Crippen LogP contribution < -0.4 is 0 Å². The van der Waals surface area contributed by atoms with Crippen molar-refractivity contribution in [1.29, 1.82) is 0 Å². The molecule has 0 saturated heterocycles. The number of halogens is 2. The average Bonchev–Trinajstić information content (AvgIpc) is 2.03. The van der Waals surface area contributed by atoms with Crippen LogP contribution in [-0.2, 0) is 0 Å². The SMILES string of the molecule is C=C(CBr)c1cccc(Br)c1. The van der Waals surface area contributed by atoms with Crippen molar-refractivity contribution in [2.45, 2.75) is 0 Å². The maximum Gasteiger partial charge on any atom is 0.0283 e. The van der Waals surface area contributed by atoms with E-state index in [4.69, 9.17) is 0 Å². The summed E-state index contributed by atoms with van der Waals surface area (Å²) >= 11 is 6.76. The van der Waals surface area contributed by atoms with E-state index in [0.717, 1.165) is 15.4 Å². The smallest absolute Gasteiger partial charge is 0.0283 e. The van der Waals surface area contributed by atoms with Gasteiger partial charge < -0.3 is 0 Å². The highest BCUT2D eigenvalue weighted by Gasteiger charge is 1.95. The number of rotatable bonds is 2. The Hall–Kier alpha value is -0.0800. The standard InChI is InChI=1S/C9H8Br2/c1-7(6-10)8-3-2-4-9(11)5-8/h2-5H,1,6H2. The van der Waals surface area contributed by atoms with Crippen molar-refractivity contribution in [1.82, 2.24) is 0 Å². The average molecular weight is 276 g/mol. The first-order valence-corrected chi connectivity index (χ1v) is 5.15. The summed E-state index contributed by atoms with van der Waals surface area (Å²) in [6.45, 7) is 3.92. The second-order valence-corrected chi connectivity index (χ2v) is 3.72. The summed E-state index contributed by atoms with van der Waals surface area (Å²) in [7, 11) is 0. The lowest BCUT2D eigenvalue weighted by Crippen LogP contribution is -1.81. The van der Waals surface area contributed by atoms with Gasteiger partial charge >= 0.3 is 0 Å². The van der Waals surface area contributed by atoms with Gasteiger partial charge in [-0.05, 0) is 23.3 Å². The van der Waals surface area contributed by atoms with Gasteiger partial charge in [0.05, 0.1) is 0 Å². The molecule has 11 heavy (non-hydrogen) atoms. The van der Waals surface area contributed by atoms with Gasteiger partial charge in [0.2, 0.25) is 0 Å². The Bertz CT molecular complexity index is 266. The molecule has 1 aromatic rings. The first-order chi connectivity index (χ1) is 5.24. The molecule has 0 aliphatic heterocycles. The second-order valence-electron chi connectivity index (χ2n) is 2.25. The number of allylic oxidation sites excluding steroid dienone is 1. The van der Waals surface area contributed by atoms with Crippen LogP contribution >= 0.6 is 31.9 Å². The Morgan fingerprint density at radius 3 is 2.73 bits per heavy atom. The van der Waals surface area contributed by atoms with Crippen LogP contribution in [0.25, 0.3) is 5.57 Å². The fourth-order valence-corrected chi connectivity index (χ4v) is 1.51. The number of hydrogen-bond acceptors (Lipinski definition) is 0. The molecule has 0 bridgehead atoms. The Kier molecular flexibility index (Phi) is 3.34. The fourth-order valence-electron chi connectivity index (χ4n) is 0.786. The summed E-state index contributed by atoms with van der Waals surface area (Å²) in [6.07, 6.45) is 0. The van der Waals surface area contributed by atoms with Gasteiger partial charge in [0.1, 0.15) is 0 Å². The largest absolute Gasteiger partial charge is 0.0944 e. The lowest BCUT2D eigenvalue weighted by molar-refractivity contribution is 1.56. The molecule has 0 unspecified atom stereocenters. The van der Waals surface area contributed by atoms with Crippen molar-refractivity contribution in [3.63, 3.8) is 0 Å². The van der Waals surface area contributed by atoms with Gasteiger partial charge in [-0.2, -0.15) is 0 Å². The fraction of sp³-hybridized carbons (Fsp3) is 0.111. The summed E-state index contributed by atoms with van der Waals surface area (Å²) in [5.74, 6) is 0. The van der Waals surface area contributed by atoms with Crippen LogP contribution in [0.1, 0.15) is 5.56 Å². The van der Waals surface area contributed by atoms with Gasteiger partial charge in [0, 0.05) is 9.80 Å². The molecule has 1 rings (SSSR count). The molecule has 0 aliphatic rings. The van der Waals surface area contributed by atoms with Crippen LogP contribution in [0.5, 0.6) is 0 Å². The van der Waals surface area contributed by atoms with Crippen molar-refractivity contribution >= 4 is 37.4 Å². The van der Waals surface area contributed by atoms with Gasteiger partial charge in [-0.15, -0.1) is 0 Å². The highest BCUT2D eigenvalue weighted by molar-refractivity contribution is 9.10. The molecule has 2 heteroatoms. The predicted octanol–water partition coefficient (Wildman–Crippen LogP) is 3.86. The van der Waals surface area contributed by atoms with Gasteiger partial charge in [-0.3, -0.25) is 0 Å². The quantitative estimate of drug-likeness (QED) is 0.719. The van der Waals surface area contributed by atoms with Crippen LogP contribution in [0.2, 0.25) is 0 Å². The molecular weight excluding hydrogens is 268 g/mol. The minimum absolute atomic E-state index is 0.823. The van der Waals surface area contributed by atoms with Crippen molar-refractivity contribution < 1.29 is 0 Å². The molecule has 58 valence electrons. The zero-order valence-electron chi connectivity index (χ0n) is 5.98. The molecule has 0 saturated carbocycles. The molecule has 0 fully saturated rings. The van der Waals surface area contributed by atoms with Gasteiger partial charge in [0.15, 0.2) is 0 Å². The first kappa shape index (κ1) is 9.01. The maximum atomic E-state index is 3.92. The molecule has 0 heterocycles. The normalized spacial score (nSPS) is 9.64. The molecular formula is C9H8Br2. The minimum Gasteiger partial charge on any atom is -0.0944 e. The van der Waals surface area contributed by atoms with Crippen LogP contribution in [-0.4, -0.2) is 5.33 Å². The molecule has 0 radical (unpaired) electrons. The number of hydrogen-bond donors (Lipinski definition) is 0. The lowest BCUT2D eigenvalue weighted by atomic mass is 10.1. The van der Waals surface area contributed by atoms with E-state index < -0.39 is 0 Å². The molecule has 0 N–H and O–H groups in total. The third-order valence-electron chi connectivity index (χ3n) is 1.39. The summed E-state index contributed by atoms with van der Waals surface area (Å²) in [4.78, 5) is 0. The highest BCUT2D eigenvalue weighted by atomic mass is 79.9. The molecule has 0 aliphatic carbocycles. The second kappa shape index (κ2) is 4.07. The Morgan fingerprint density at radius 2 is 2.18 bits per heavy atom. The molecule has 1 aromatic carbocycles. The van der Waals surface area contributed by atoms with Crippen LogP contribution in [0, 0.1) is 0 Å². The minimum atomic E-state index is 0.823. The molecule has 0 atom stereocenters. The van der Waals surface area contributed by atoms with Gasteiger partial charge in [0.25, 0.3) is 0 Å². The molecule has 0 spiro atoms. The zero-order valence-corrected chi connectivity index (χ0v) is 9.15. The van der Waals surface area contributed by atoms with Gasteiger partial charge in [-0.25, -0.2) is 0 Å². The van der Waals surface area contributed by atoms with Gasteiger partial charge in [-0.1, -0.05) is 50.6 Å². The maximum absolute atomic E-state index is 3.92. The Labute approximate surface area is 83.6 Å². The van der Waals surface area contributed by atoms with E-state index >= 15 is 0 Å². The van der Waals surface area contributed by atoms with E-state index in [1.807, 2.05) is 18.2 Å². The van der Waals surface area contributed by atoms with Crippen LogP contribution in [0.4, 0.5) is 0 Å². The number of alkyl halides is 1. The molecule has 0 nitrogen and oxygen atoms in total.